The third-order valence-electron chi connectivity index (χ3n) is 2.43. The van der Waals surface area contributed by atoms with E-state index in [1.54, 1.807) is 31.3 Å². The molecule has 0 bridgehead atoms. The predicted octanol–water partition coefficient (Wildman–Crippen LogP) is 0.831. The SMILES string of the molecule is CN1C(=O)C(C(=O)O)c2ccccc21. The monoisotopic (exact) mass is 191 g/mol. The summed E-state index contributed by atoms with van der Waals surface area (Å²) in [6.07, 6.45) is 0. The minimum atomic E-state index is -1.09. The van der Waals surface area contributed by atoms with E-state index < -0.39 is 11.9 Å². The first kappa shape index (κ1) is 8.74. The summed E-state index contributed by atoms with van der Waals surface area (Å²) in [6, 6.07) is 6.94. The van der Waals surface area contributed by atoms with Crippen molar-refractivity contribution in [3.63, 3.8) is 0 Å². The van der Waals surface area contributed by atoms with E-state index in [0.717, 1.165) is 0 Å². The van der Waals surface area contributed by atoms with Gasteiger partial charge in [0.15, 0.2) is 5.92 Å². The first-order valence-corrected chi connectivity index (χ1v) is 4.22. The summed E-state index contributed by atoms with van der Waals surface area (Å²) in [5, 5.41) is 8.90. The molecule has 1 aromatic carbocycles. The maximum atomic E-state index is 11.5. The summed E-state index contributed by atoms with van der Waals surface area (Å²) in [6.45, 7) is 0. The molecule has 0 spiro atoms. The van der Waals surface area contributed by atoms with Gasteiger partial charge in [0, 0.05) is 12.7 Å². The highest BCUT2D eigenvalue weighted by molar-refractivity contribution is 6.15. The van der Waals surface area contributed by atoms with Gasteiger partial charge >= 0.3 is 5.97 Å². The molecule has 1 aromatic rings. The summed E-state index contributed by atoms with van der Waals surface area (Å²) < 4.78 is 0. The van der Waals surface area contributed by atoms with Gasteiger partial charge in [0.25, 0.3) is 0 Å². The number of likely N-dealkylation sites (N-methyl/N-ethyl adjacent to an activating group) is 1. The molecule has 0 saturated carbocycles. The van der Waals surface area contributed by atoms with Crippen molar-refractivity contribution in [1.29, 1.82) is 0 Å². The lowest BCUT2D eigenvalue weighted by molar-refractivity contribution is -0.141. The summed E-state index contributed by atoms with van der Waals surface area (Å²) in [7, 11) is 1.59. The van der Waals surface area contributed by atoms with E-state index in [1.165, 1.54) is 4.90 Å². The molecule has 1 unspecified atom stereocenters. The smallest absolute Gasteiger partial charge is 0.320 e. The van der Waals surface area contributed by atoms with E-state index in [9.17, 15) is 9.59 Å². The fraction of sp³-hybridized carbons (Fsp3) is 0.200. The van der Waals surface area contributed by atoms with Gasteiger partial charge in [0.1, 0.15) is 0 Å². The Labute approximate surface area is 80.8 Å². The highest BCUT2D eigenvalue weighted by Crippen LogP contribution is 2.35. The Morgan fingerprint density at radius 2 is 2.07 bits per heavy atom. The highest BCUT2D eigenvalue weighted by Gasteiger charge is 2.39. The fourth-order valence-electron chi connectivity index (χ4n) is 1.72. The molecule has 4 nitrogen and oxygen atoms in total. The van der Waals surface area contributed by atoms with Crippen LogP contribution in [0.2, 0.25) is 0 Å². The molecule has 0 saturated heterocycles. The molecular weight excluding hydrogens is 182 g/mol. The van der Waals surface area contributed by atoms with Crippen molar-refractivity contribution in [2.24, 2.45) is 0 Å². The number of benzene rings is 1. The molecule has 4 heteroatoms. The van der Waals surface area contributed by atoms with Gasteiger partial charge < -0.3 is 10.0 Å². The second-order valence-electron chi connectivity index (χ2n) is 3.23. The topological polar surface area (TPSA) is 57.6 Å². The van der Waals surface area contributed by atoms with E-state index >= 15 is 0 Å². The van der Waals surface area contributed by atoms with Crippen LogP contribution in [-0.4, -0.2) is 24.0 Å². The van der Waals surface area contributed by atoms with Gasteiger partial charge in [-0.25, -0.2) is 0 Å². The Morgan fingerprint density at radius 1 is 1.43 bits per heavy atom. The second kappa shape index (κ2) is 2.83. The number of anilines is 1. The van der Waals surface area contributed by atoms with Gasteiger partial charge in [-0.2, -0.15) is 0 Å². The van der Waals surface area contributed by atoms with Crippen molar-refractivity contribution < 1.29 is 14.7 Å². The Balaban J connectivity index is 2.59. The molecule has 1 amide bonds. The average molecular weight is 191 g/mol. The number of hydrogen-bond acceptors (Lipinski definition) is 2. The van der Waals surface area contributed by atoms with Crippen LogP contribution >= 0.6 is 0 Å². The summed E-state index contributed by atoms with van der Waals surface area (Å²) in [5.41, 5.74) is 1.26. The maximum Gasteiger partial charge on any atom is 0.320 e. The molecule has 1 aliphatic heterocycles. The van der Waals surface area contributed by atoms with Crippen molar-refractivity contribution in [3.8, 4) is 0 Å². The third kappa shape index (κ3) is 1.00. The highest BCUT2D eigenvalue weighted by atomic mass is 16.4. The lowest BCUT2D eigenvalue weighted by atomic mass is 10.0. The van der Waals surface area contributed by atoms with Crippen molar-refractivity contribution in [1.82, 2.24) is 0 Å². The van der Waals surface area contributed by atoms with Gasteiger partial charge in [-0.15, -0.1) is 0 Å². The molecule has 0 aliphatic carbocycles. The lowest BCUT2D eigenvalue weighted by Crippen LogP contribution is -2.27. The second-order valence-corrected chi connectivity index (χ2v) is 3.23. The average Bonchev–Trinajstić information content (AvgIpc) is 2.41. The van der Waals surface area contributed by atoms with E-state index in [4.69, 9.17) is 5.11 Å². The van der Waals surface area contributed by atoms with E-state index in [-0.39, 0.29) is 5.91 Å². The Morgan fingerprint density at radius 3 is 2.71 bits per heavy atom. The number of aliphatic carboxylic acids is 1. The molecule has 14 heavy (non-hydrogen) atoms. The number of carboxylic acids is 1. The molecule has 1 N–H and O–H groups in total. The van der Waals surface area contributed by atoms with Crippen LogP contribution in [0.25, 0.3) is 0 Å². The minimum absolute atomic E-state index is 0.376. The molecule has 2 rings (SSSR count). The number of fused-ring (bicyclic) bond motifs is 1. The number of hydrogen-bond donors (Lipinski definition) is 1. The van der Waals surface area contributed by atoms with Crippen molar-refractivity contribution in [3.05, 3.63) is 29.8 Å². The summed E-state index contributed by atoms with van der Waals surface area (Å²) in [5.74, 6) is -2.50. The summed E-state index contributed by atoms with van der Waals surface area (Å²) in [4.78, 5) is 23.8. The van der Waals surface area contributed by atoms with E-state index in [0.29, 0.717) is 11.3 Å². The van der Waals surface area contributed by atoms with Crippen molar-refractivity contribution >= 4 is 17.6 Å². The summed E-state index contributed by atoms with van der Waals surface area (Å²) >= 11 is 0. The van der Waals surface area contributed by atoms with Gasteiger partial charge in [-0.1, -0.05) is 18.2 Å². The van der Waals surface area contributed by atoms with Crippen molar-refractivity contribution in [2.45, 2.75) is 5.92 Å². The predicted molar refractivity (Wildman–Crippen MR) is 50.2 cm³/mol. The first-order chi connectivity index (χ1) is 6.63. The molecule has 0 radical (unpaired) electrons. The number of carbonyl (C=O) groups is 2. The van der Waals surface area contributed by atoms with Crippen LogP contribution in [0.1, 0.15) is 11.5 Å². The zero-order valence-electron chi connectivity index (χ0n) is 7.60. The van der Waals surface area contributed by atoms with Crippen LogP contribution < -0.4 is 4.90 Å². The normalized spacial score (nSPS) is 19.6. The standard InChI is InChI=1S/C10H9NO3/c1-11-7-5-3-2-4-6(7)8(9(11)12)10(13)14/h2-5,8H,1H3,(H,13,14). The Kier molecular flexibility index (Phi) is 1.77. The Hall–Kier alpha value is -1.84. The number of para-hydroxylation sites is 1. The maximum absolute atomic E-state index is 11.5. The zero-order valence-corrected chi connectivity index (χ0v) is 7.60. The molecule has 0 fully saturated rings. The van der Waals surface area contributed by atoms with Crippen LogP contribution in [0, 0.1) is 0 Å². The number of carboxylic acid groups (broad SMARTS) is 1. The van der Waals surface area contributed by atoms with Crippen molar-refractivity contribution in [2.75, 3.05) is 11.9 Å². The van der Waals surface area contributed by atoms with Crippen LogP contribution in [0.4, 0.5) is 5.69 Å². The minimum Gasteiger partial charge on any atom is -0.480 e. The van der Waals surface area contributed by atoms with Gasteiger partial charge in [-0.05, 0) is 11.6 Å². The molecule has 1 heterocycles. The first-order valence-electron chi connectivity index (χ1n) is 4.22. The largest absolute Gasteiger partial charge is 0.480 e. The molecule has 1 atom stereocenters. The van der Waals surface area contributed by atoms with Crippen LogP contribution in [-0.2, 0) is 9.59 Å². The van der Waals surface area contributed by atoms with Gasteiger partial charge in [0.05, 0.1) is 0 Å². The molecule has 1 aliphatic rings. The molecule has 0 aromatic heterocycles. The van der Waals surface area contributed by atoms with Gasteiger partial charge in [-0.3, -0.25) is 9.59 Å². The number of carbonyl (C=O) groups excluding carboxylic acids is 1. The fourth-order valence-corrected chi connectivity index (χ4v) is 1.72. The van der Waals surface area contributed by atoms with E-state index in [2.05, 4.69) is 0 Å². The molecule has 72 valence electrons. The third-order valence-corrected chi connectivity index (χ3v) is 2.43. The van der Waals surface area contributed by atoms with Gasteiger partial charge in [0.2, 0.25) is 5.91 Å². The number of rotatable bonds is 1. The quantitative estimate of drug-likeness (QED) is 0.669. The lowest BCUT2D eigenvalue weighted by Gasteiger charge is -2.08. The Bertz CT molecular complexity index is 414. The van der Waals surface area contributed by atoms with Crippen LogP contribution in [0.3, 0.4) is 0 Å². The van der Waals surface area contributed by atoms with Crippen LogP contribution in [0.15, 0.2) is 24.3 Å². The number of nitrogens with zero attached hydrogens (tertiary/aromatic N) is 1. The molecular formula is C10H9NO3. The van der Waals surface area contributed by atoms with Crippen LogP contribution in [0.5, 0.6) is 0 Å². The van der Waals surface area contributed by atoms with E-state index in [1.807, 2.05) is 0 Å². The zero-order chi connectivity index (χ0) is 10.3. The number of amides is 1.